The molecule has 0 aliphatic heterocycles. The fourth-order valence-electron chi connectivity index (χ4n) is 2.17. The molecular weight excluding hydrogens is 332 g/mol. The third-order valence-electron chi connectivity index (χ3n) is 3.35. The molecule has 3 aromatic rings. The number of benzene rings is 2. The van der Waals surface area contributed by atoms with Crippen molar-refractivity contribution in [3.8, 4) is 22.9 Å². The molecule has 1 heterocycles. The monoisotopic (exact) mass is 347 g/mol. The smallest absolute Gasteiger partial charge is 0.387 e. The Kier molecular flexibility index (Phi) is 5.08. The van der Waals surface area contributed by atoms with Gasteiger partial charge in [0, 0.05) is 5.56 Å². The molecule has 25 heavy (non-hydrogen) atoms. The summed E-state index contributed by atoms with van der Waals surface area (Å²) in [4.78, 5) is 4.27. The van der Waals surface area contributed by atoms with E-state index in [0.29, 0.717) is 17.4 Å². The number of hydrogen-bond donors (Lipinski definition) is 1. The summed E-state index contributed by atoms with van der Waals surface area (Å²) in [5.74, 6) is 1.52. The number of hydrogen-bond acceptors (Lipinski definition) is 6. The average Bonchev–Trinajstić information content (AvgIpc) is 3.09. The molecule has 0 aliphatic rings. The van der Waals surface area contributed by atoms with Gasteiger partial charge < -0.3 is 19.3 Å². The highest BCUT2D eigenvalue weighted by atomic mass is 19.3. The Bertz CT molecular complexity index is 822. The molecule has 0 aliphatic carbocycles. The molecule has 130 valence electrons. The van der Waals surface area contributed by atoms with Gasteiger partial charge in [-0.05, 0) is 36.4 Å². The molecule has 0 amide bonds. The first-order valence-corrected chi connectivity index (χ1v) is 7.40. The second kappa shape index (κ2) is 7.61. The third kappa shape index (κ3) is 4.23. The summed E-state index contributed by atoms with van der Waals surface area (Å²) in [5.41, 5.74) is 1.18. The lowest BCUT2D eigenvalue weighted by atomic mass is 10.2. The number of para-hydroxylation sites is 2. The van der Waals surface area contributed by atoms with E-state index in [2.05, 4.69) is 20.2 Å². The largest absolute Gasteiger partial charge is 0.497 e. The summed E-state index contributed by atoms with van der Waals surface area (Å²) in [7, 11) is 1.59. The Morgan fingerprint density at radius 3 is 2.60 bits per heavy atom. The highest BCUT2D eigenvalue weighted by Crippen LogP contribution is 2.26. The van der Waals surface area contributed by atoms with Gasteiger partial charge in [-0.2, -0.15) is 13.8 Å². The first-order valence-electron chi connectivity index (χ1n) is 7.40. The van der Waals surface area contributed by atoms with Crippen LogP contribution in [-0.4, -0.2) is 23.9 Å². The molecule has 8 heteroatoms. The van der Waals surface area contributed by atoms with E-state index < -0.39 is 6.61 Å². The van der Waals surface area contributed by atoms with Gasteiger partial charge in [0.2, 0.25) is 11.7 Å². The zero-order chi connectivity index (χ0) is 17.6. The number of ether oxygens (including phenoxy) is 2. The highest BCUT2D eigenvalue weighted by molar-refractivity contribution is 5.57. The second-order valence-electron chi connectivity index (χ2n) is 4.97. The number of alkyl halides is 2. The molecule has 0 fully saturated rings. The number of nitrogens with one attached hydrogen (secondary N) is 1. The van der Waals surface area contributed by atoms with Crippen molar-refractivity contribution in [2.24, 2.45) is 0 Å². The Balaban J connectivity index is 1.68. The number of methoxy groups -OCH3 is 1. The fraction of sp³-hybridized carbons (Fsp3) is 0.176. The van der Waals surface area contributed by atoms with E-state index in [0.717, 1.165) is 11.3 Å². The normalized spacial score (nSPS) is 10.7. The molecule has 1 aromatic heterocycles. The lowest BCUT2D eigenvalue weighted by Crippen LogP contribution is -2.06. The van der Waals surface area contributed by atoms with E-state index in [1.165, 1.54) is 6.07 Å². The first-order chi connectivity index (χ1) is 12.2. The molecule has 6 nitrogen and oxygen atoms in total. The molecule has 1 N–H and O–H groups in total. The maximum Gasteiger partial charge on any atom is 0.387 e. The molecule has 2 aromatic carbocycles. The van der Waals surface area contributed by atoms with Crippen LogP contribution < -0.4 is 14.8 Å². The van der Waals surface area contributed by atoms with Crippen LogP contribution in [0.25, 0.3) is 11.4 Å². The number of anilines is 1. The summed E-state index contributed by atoms with van der Waals surface area (Å²) in [6.45, 7) is -2.72. The molecule has 0 spiro atoms. The van der Waals surface area contributed by atoms with Gasteiger partial charge in [-0.1, -0.05) is 17.3 Å². The van der Waals surface area contributed by atoms with E-state index in [4.69, 9.17) is 9.26 Å². The van der Waals surface area contributed by atoms with Crippen LogP contribution >= 0.6 is 0 Å². The van der Waals surface area contributed by atoms with Crippen LogP contribution in [0.5, 0.6) is 11.5 Å². The van der Waals surface area contributed by atoms with E-state index in [1.807, 2.05) is 12.1 Å². The van der Waals surface area contributed by atoms with E-state index in [1.54, 1.807) is 37.4 Å². The van der Waals surface area contributed by atoms with E-state index >= 15 is 0 Å². The van der Waals surface area contributed by atoms with Crippen LogP contribution in [-0.2, 0) is 6.54 Å². The maximum absolute atomic E-state index is 12.4. The van der Waals surface area contributed by atoms with E-state index in [9.17, 15) is 8.78 Å². The predicted octanol–water partition coefficient (Wildman–Crippen LogP) is 3.96. The third-order valence-corrected chi connectivity index (χ3v) is 3.35. The molecule has 0 saturated carbocycles. The second-order valence-corrected chi connectivity index (χ2v) is 4.97. The molecule has 3 rings (SSSR count). The average molecular weight is 347 g/mol. The molecule has 0 bridgehead atoms. The Morgan fingerprint density at radius 1 is 1.12 bits per heavy atom. The van der Waals surface area contributed by atoms with Crippen molar-refractivity contribution in [2.45, 2.75) is 13.2 Å². The lowest BCUT2D eigenvalue weighted by Gasteiger charge is -2.10. The van der Waals surface area contributed by atoms with Crippen LogP contribution in [0.15, 0.2) is 53.1 Å². The van der Waals surface area contributed by atoms with E-state index in [-0.39, 0.29) is 12.3 Å². The van der Waals surface area contributed by atoms with Gasteiger partial charge in [0.1, 0.15) is 11.5 Å². The molecule has 0 atom stereocenters. The van der Waals surface area contributed by atoms with Crippen molar-refractivity contribution in [1.29, 1.82) is 0 Å². The minimum atomic E-state index is -2.90. The molecule has 0 saturated heterocycles. The summed E-state index contributed by atoms with van der Waals surface area (Å²) in [6, 6.07) is 13.6. The Labute approximate surface area is 142 Å². The zero-order valence-corrected chi connectivity index (χ0v) is 13.3. The van der Waals surface area contributed by atoms with Gasteiger partial charge in [0.15, 0.2) is 0 Å². The molecule has 0 unspecified atom stereocenters. The summed E-state index contributed by atoms with van der Waals surface area (Å²) in [5, 5.41) is 6.85. The number of nitrogens with zero attached hydrogens (tertiary/aromatic N) is 2. The van der Waals surface area contributed by atoms with Crippen molar-refractivity contribution >= 4 is 5.69 Å². The van der Waals surface area contributed by atoms with Gasteiger partial charge in [-0.3, -0.25) is 0 Å². The molecule has 0 radical (unpaired) electrons. The van der Waals surface area contributed by atoms with Gasteiger partial charge in [-0.25, -0.2) is 0 Å². The van der Waals surface area contributed by atoms with Crippen LogP contribution in [0.4, 0.5) is 14.5 Å². The van der Waals surface area contributed by atoms with Crippen molar-refractivity contribution in [3.05, 3.63) is 54.4 Å². The molecular formula is C17H15F2N3O3. The lowest BCUT2D eigenvalue weighted by molar-refractivity contribution is -0.0493. The minimum absolute atomic E-state index is 0.0485. The van der Waals surface area contributed by atoms with Gasteiger partial charge in [-0.15, -0.1) is 0 Å². The van der Waals surface area contributed by atoms with Gasteiger partial charge in [0.25, 0.3) is 0 Å². The van der Waals surface area contributed by atoms with Crippen LogP contribution in [0.3, 0.4) is 0 Å². The summed E-state index contributed by atoms with van der Waals surface area (Å²) >= 11 is 0. The number of halogens is 2. The standard InChI is InChI=1S/C17H15F2N3O3/c1-23-12-8-6-11(7-9-12)16-21-15(25-22-16)10-20-13-4-2-3-5-14(13)24-17(18)19/h2-9,17,20H,10H2,1H3. The Hall–Kier alpha value is -3.16. The highest BCUT2D eigenvalue weighted by Gasteiger charge is 2.12. The Morgan fingerprint density at radius 2 is 1.88 bits per heavy atom. The quantitative estimate of drug-likeness (QED) is 0.698. The van der Waals surface area contributed by atoms with Crippen molar-refractivity contribution in [1.82, 2.24) is 10.1 Å². The van der Waals surface area contributed by atoms with Crippen LogP contribution in [0.2, 0.25) is 0 Å². The number of rotatable bonds is 7. The SMILES string of the molecule is COc1ccc(-c2noc(CNc3ccccc3OC(F)F)n2)cc1. The predicted molar refractivity (Wildman–Crippen MR) is 86.7 cm³/mol. The van der Waals surface area contributed by atoms with Gasteiger partial charge >= 0.3 is 6.61 Å². The van der Waals surface area contributed by atoms with Gasteiger partial charge in [0.05, 0.1) is 19.3 Å². The maximum atomic E-state index is 12.4. The zero-order valence-electron chi connectivity index (χ0n) is 13.3. The van der Waals surface area contributed by atoms with Crippen molar-refractivity contribution < 1.29 is 22.8 Å². The topological polar surface area (TPSA) is 69.4 Å². The van der Waals surface area contributed by atoms with Crippen LogP contribution in [0, 0.1) is 0 Å². The van der Waals surface area contributed by atoms with Crippen LogP contribution in [0.1, 0.15) is 5.89 Å². The van der Waals surface area contributed by atoms with Crippen molar-refractivity contribution in [2.75, 3.05) is 12.4 Å². The van der Waals surface area contributed by atoms with Crippen molar-refractivity contribution in [3.63, 3.8) is 0 Å². The first kappa shape index (κ1) is 16.7. The summed E-state index contributed by atoms with van der Waals surface area (Å²) < 4.78 is 39.5. The number of aromatic nitrogens is 2. The minimum Gasteiger partial charge on any atom is -0.497 e. The fourth-order valence-corrected chi connectivity index (χ4v) is 2.17. The summed E-state index contributed by atoms with van der Waals surface area (Å²) in [6.07, 6.45) is 0.